The number of unbranched alkanes of at least 4 members (excludes halogenated alkanes) is 3. The number of allylic oxidation sites excluding steroid dienone is 5. The molecule has 0 bridgehead atoms. The Hall–Kier alpha value is -2.17. The maximum Gasteiger partial charge on any atom is 0.306 e. The molecule has 1 aliphatic carbocycles. The molecule has 156 valence electrons. The number of carboxylic acid groups (broad SMARTS) is 1. The van der Waals surface area contributed by atoms with Crippen LogP contribution in [0.3, 0.4) is 0 Å². The Kier molecular flexibility index (Phi) is 11.9. The summed E-state index contributed by atoms with van der Waals surface area (Å²) in [5.41, 5.74) is 0. The van der Waals surface area contributed by atoms with Crippen molar-refractivity contribution < 1.29 is 24.2 Å². The van der Waals surface area contributed by atoms with Crippen LogP contribution in [0.5, 0.6) is 0 Å². The van der Waals surface area contributed by atoms with Crippen LogP contribution in [0.2, 0.25) is 0 Å². The number of rotatable bonds is 14. The quantitative estimate of drug-likeness (QED) is 0.256. The number of ketones is 1. The highest BCUT2D eigenvalue weighted by Crippen LogP contribution is 2.28. The number of hydrogen-bond acceptors (Lipinski definition) is 4. The summed E-state index contributed by atoms with van der Waals surface area (Å²) in [6.45, 7) is 3.91. The summed E-state index contributed by atoms with van der Waals surface area (Å²) in [5.74, 6) is -1.05. The van der Waals surface area contributed by atoms with Crippen LogP contribution in [0.1, 0.15) is 71.6 Å². The molecule has 0 aliphatic heterocycles. The number of hydrogen-bond donors (Lipinski definition) is 1. The fourth-order valence-electron chi connectivity index (χ4n) is 3.15. The molecule has 5 nitrogen and oxygen atoms in total. The van der Waals surface area contributed by atoms with E-state index in [0.29, 0.717) is 12.8 Å². The van der Waals surface area contributed by atoms with Crippen molar-refractivity contribution in [1.29, 1.82) is 0 Å². The van der Waals surface area contributed by atoms with Gasteiger partial charge in [-0.1, -0.05) is 51.0 Å². The fourth-order valence-corrected chi connectivity index (χ4v) is 3.15. The minimum absolute atomic E-state index is 0.0784. The van der Waals surface area contributed by atoms with Crippen molar-refractivity contribution in [3.63, 3.8) is 0 Å². The monoisotopic (exact) mass is 390 g/mol. The zero-order chi connectivity index (χ0) is 20.8. The van der Waals surface area contributed by atoms with Crippen molar-refractivity contribution in [1.82, 2.24) is 0 Å². The molecule has 0 aromatic rings. The lowest BCUT2D eigenvalue weighted by atomic mass is 9.90. The molecule has 28 heavy (non-hydrogen) atoms. The molecule has 1 rings (SSSR count). The minimum atomic E-state index is -0.778. The summed E-state index contributed by atoms with van der Waals surface area (Å²) in [6, 6.07) is 0. The van der Waals surface area contributed by atoms with Gasteiger partial charge in [-0.15, -0.1) is 0 Å². The summed E-state index contributed by atoms with van der Waals surface area (Å²) >= 11 is 0. The van der Waals surface area contributed by atoms with Crippen LogP contribution in [-0.2, 0) is 19.1 Å². The molecule has 1 N–H and O–H groups in total. The molecule has 0 saturated carbocycles. The number of carbonyl (C=O) groups excluding carboxylic acids is 2. The second-order valence-electron chi connectivity index (χ2n) is 7.21. The van der Waals surface area contributed by atoms with E-state index in [4.69, 9.17) is 9.84 Å². The first-order valence-corrected chi connectivity index (χ1v) is 10.4. The summed E-state index contributed by atoms with van der Waals surface area (Å²) in [5, 5.41) is 8.64. The molecule has 0 radical (unpaired) electrons. The third kappa shape index (κ3) is 9.67. The number of esters is 1. The zero-order valence-electron chi connectivity index (χ0n) is 17.1. The van der Waals surface area contributed by atoms with Crippen LogP contribution in [0.4, 0.5) is 0 Å². The number of ether oxygens (including phenoxy) is 1. The van der Waals surface area contributed by atoms with Crippen LogP contribution >= 0.6 is 0 Å². The normalized spacial score (nSPS) is 20.3. The van der Waals surface area contributed by atoms with Crippen molar-refractivity contribution in [2.24, 2.45) is 11.8 Å². The predicted molar refractivity (Wildman–Crippen MR) is 110 cm³/mol. The molecular formula is C23H34O5. The lowest BCUT2D eigenvalue weighted by Gasteiger charge is -2.16. The molecule has 0 fully saturated rings. The van der Waals surface area contributed by atoms with E-state index in [0.717, 1.165) is 38.5 Å². The first-order valence-electron chi connectivity index (χ1n) is 10.4. The Balaban J connectivity index is 2.59. The van der Waals surface area contributed by atoms with Gasteiger partial charge in [0.05, 0.1) is 0 Å². The van der Waals surface area contributed by atoms with E-state index in [1.807, 2.05) is 30.4 Å². The largest absolute Gasteiger partial charge is 0.481 e. The maximum absolute atomic E-state index is 12.2. The smallest absolute Gasteiger partial charge is 0.306 e. The Labute approximate surface area is 168 Å². The second kappa shape index (κ2) is 13.9. The topological polar surface area (TPSA) is 80.7 Å². The van der Waals surface area contributed by atoms with Crippen LogP contribution in [0.25, 0.3) is 0 Å². The first kappa shape index (κ1) is 23.9. The summed E-state index contributed by atoms with van der Waals surface area (Å²) in [6.07, 6.45) is 17.6. The van der Waals surface area contributed by atoms with E-state index in [1.54, 1.807) is 13.0 Å². The standard InChI is InChI=1S/C23H34O5/c1-3-5-8-12-19(28-23(27)4-2)15-16-20-18(14-17-21(20)24)11-9-6-7-10-13-22(25)26/h6,9,14-20H,3-5,7-8,10-13H2,1-2H3,(H,25,26)/t18-,19-,20+/m0/s1. The lowest BCUT2D eigenvalue weighted by molar-refractivity contribution is -0.146. The number of carboxylic acids is 1. The van der Waals surface area contributed by atoms with E-state index in [2.05, 4.69) is 6.92 Å². The minimum Gasteiger partial charge on any atom is -0.481 e. The van der Waals surface area contributed by atoms with Gasteiger partial charge < -0.3 is 9.84 Å². The molecule has 0 amide bonds. The highest BCUT2D eigenvalue weighted by molar-refractivity contribution is 5.95. The van der Waals surface area contributed by atoms with Crippen LogP contribution in [-0.4, -0.2) is 28.9 Å². The summed E-state index contributed by atoms with van der Waals surface area (Å²) in [4.78, 5) is 34.4. The molecule has 0 aromatic carbocycles. The summed E-state index contributed by atoms with van der Waals surface area (Å²) < 4.78 is 5.50. The van der Waals surface area contributed by atoms with Crippen molar-refractivity contribution in [3.8, 4) is 0 Å². The summed E-state index contributed by atoms with van der Waals surface area (Å²) in [7, 11) is 0. The van der Waals surface area contributed by atoms with Gasteiger partial charge in [0.2, 0.25) is 0 Å². The van der Waals surface area contributed by atoms with Crippen molar-refractivity contribution in [2.45, 2.75) is 77.7 Å². The average Bonchev–Trinajstić information content (AvgIpc) is 3.01. The molecule has 3 atom stereocenters. The molecule has 0 unspecified atom stereocenters. The SMILES string of the molecule is CCCCC[C@@H](C=C[C@H]1C(=O)C=C[C@@H]1CC=CCCCC(=O)O)OC(=O)CC. The third-order valence-electron chi connectivity index (χ3n) is 4.83. The van der Waals surface area contributed by atoms with Gasteiger partial charge in [0.1, 0.15) is 6.10 Å². The lowest BCUT2D eigenvalue weighted by Crippen LogP contribution is -2.18. The Morgan fingerprint density at radius 2 is 2.00 bits per heavy atom. The van der Waals surface area contributed by atoms with Gasteiger partial charge in [-0.2, -0.15) is 0 Å². The molecule has 0 heterocycles. The van der Waals surface area contributed by atoms with Gasteiger partial charge in [-0.05, 0) is 50.2 Å². The van der Waals surface area contributed by atoms with E-state index in [1.165, 1.54) is 0 Å². The fraction of sp³-hybridized carbons (Fsp3) is 0.609. The number of aliphatic carboxylic acids is 1. The first-order chi connectivity index (χ1) is 13.5. The van der Waals surface area contributed by atoms with Gasteiger partial charge in [-0.3, -0.25) is 14.4 Å². The molecule has 0 spiro atoms. The molecule has 0 aromatic heterocycles. The number of carbonyl (C=O) groups is 3. The van der Waals surface area contributed by atoms with Crippen LogP contribution < -0.4 is 0 Å². The van der Waals surface area contributed by atoms with Crippen molar-refractivity contribution >= 4 is 17.7 Å². The highest BCUT2D eigenvalue weighted by Gasteiger charge is 2.27. The molecular weight excluding hydrogens is 356 g/mol. The van der Waals surface area contributed by atoms with E-state index < -0.39 is 5.97 Å². The van der Waals surface area contributed by atoms with E-state index in [9.17, 15) is 14.4 Å². The van der Waals surface area contributed by atoms with Crippen LogP contribution in [0, 0.1) is 11.8 Å². The van der Waals surface area contributed by atoms with E-state index >= 15 is 0 Å². The van der Waals surface area contributed by atoms with E-state index in [-0.39, 0.29) is 36.1 Å². The van der Waals surface area contributed by atoms with Crippen LogP contribution in [0.15, 0.2) is 36.5 Å². The predicted octanol–water partition coefficient (Wildman–Crippen LogP) is 5.02. The van der Waals surface area contributed by atoms with Gasteiger partial charge in [0, 0.05) is 18.8 Å². The van der Waals surface area contributed by atoms with Crippen molar-refractivity contribution in [2.75, 3.05) is 0 Å². The Morgan fingerprint density at radius 1 is 1.21 bits per heavy atom. The van der Waals surface area contributed by atoms with Crippen molar-refractivity contribution in [3.05, 3.63) is 36.5 Å². The molecule has 1 aliphatic rings. The molecule has 5 heteroatoms. The maximum atomic E-state index is 12.2. The molecule has 0 saturated heterocycles. The Morgan fingerprint density at radius 3 is 2.68 bits per heavy atom. The second-order valence-corrected chi connectivity index (χ2v) is 7.21. The zero-order valence-corrected chi connectivity index (χ0v) is 17.1. The van der Waals surface area contributed by atoms with Gasteiger partial charge in [0.15, 0.2) is 5.78 Å². The third-order valence-corrected chi connectivity index (χ3v) is 4.83. The average molecular weight is 391 g/mol. The van der Waals surface area contributed by atoms with Gasteiger partial charge in [0.25, 0.3) is 0 Å². The Bertz CT molecular complexity index is 588. The van der Waals surface area contributed by atoms with Gasteiger partial charge >= 0.3 is 11.9 Å². The highest BCUT2D eigenvalue weighted by atomic mass is 16.5. The van der Waals surface area contributed by atoms with Gasteiger partial charge in [-0.25, -0.2) is 0 Å².